The van der Waals surface area contributed by atoms with E-state index < -0.39 is 0 Å². The van der Waals surface area contributed by atoms with Crippen molar-refractivity contribution in [3.63, 3.8) is 0 Å². The normalized spacial score (nSPS) is 14.6. The lowest BCUT2D eigenvalue weighted by Gasteiger charge is -2.32. The van der Waals surface area contributed by atoms with Crippen molar-refractivity contribution < 1.29 is 9.53 Å². The van der Waals surface area contributed by atoms with Crippen LogP contribution in [-0.2, 0) is 0 Å². The van der Waals surface area contributed by atoms with Gasteiger partial charge in [0.15, 0.2) is 5.65 Å². The Bertz CT molecular complexity index is 1270. The first-order valence-electron chi connectivity index (χ1n) is 10.7. The van der Waals surface area contributed by atoms with Gasteiger partial charge >= 0.3 is 0 Å². The quantitative estimate of drug-likeness (QED) is 0.538. The van der Waals surface area contributed by atoms with Crippen LogP contribution in [0.1, 0.15) is 10.4 Å². The van der Waals surface area contributed by atoms with Crippen LogP contribution in [0.5, 0.6) is 5.75 Å². The van der Waals surface area contributed by atoms with Crippen LogP contribution in [0.4, 0.5) is 0 Å². The van der Waals surface area contributed by atoms with Crippen LogP contribution in [0, 0.1) is 0 Å². The van der Waals surface area contributed by atoms with Crippen molar-refractivity contribution in [2.24, 2.45) is 0 Å². The summed E-state index contributed by atoms with van der Waals surface area (Å²) in [6, 6.07) is 17.6. The molecule has 162 valence electrons. The molecule has 1 aliphatic heterocycles. The second kappa shape index (κ2) is 8.43. The molecular formula is C25H25N5O2. The van der Waals surface area contributed by atoms with Crippen molar-refractivity contribution in [1.29, 1.82) is 0 Å². The number of pyridine rings is 1. The number of para-hydroxylation sites is 1. The van der Waals surface area contributed by atoms with Gasteiger partial charge < -0.3 is 14.5 Å². The van der Waals surface area contributed by atoms with E-state index in [1.165, 1.54) is 0 Å². The van der Waals surface area contributed by atoms with E-state index in [-0.39, 0.29) is 5.91 Å². The lowest BCUT2D eigenvalue weighted by molar-refractivity contribution is 0.0664. The summed E-state index contributed by atoms with van der Waals surface area (Å²) in [5.41, 5.74) is 4.98. The Hall–Kier alpha value is -3.71. The number of nitrogens with one attached hydrogen (secondary N) is 1. The van der Waals surface area contributed by atoms with Gasteiger partial charge in [-0.25, -0.2) is 4.98 Å². The average Bonchev–Trinajstić information content (AvgIpc) is 3.27. The summed E-state index contributed by atoms with van der Waals surface area (Å²) in [4.78, 5) is 21.8. The summed E-state index contributed by atoms with van der Waals surface area (Å²) in [5.74, 6) is 0.832. The highest BCUT2D eigenvalue weighted by Crippen LogP contribution is 2.34. The molecule has 0 bridgehead atoms. The Labute approximate surface area is 186 Å². The molecule has 1 aliphatic rings. The number of aromatic nitrogens is 3. The van der Waals surface area contributed by atoms with Gasteiger partial charge in [0.1, 0.15) is 11.4 Å². The Morgan fingerprint density at radius 2 is 1.81 bits per heavy atom. The van der Waals surface area contributed by atoms with Gasteiger partial charge in [0.05, 0.1) is 7.11 Å². The fourth-order valence-electron chi connectivity index (χ4n) is 4.13. The molecule has 0 unspecified atom stereocenters. The number of piperazine rings is 1. The predicted molar refractivity (Wildman–Crippen MR) is 125 cm³/mol. The van der Waals surface area contributed by atoms with Crippen molar-refractivity contribution in [3.8, 4) is 28.1 Å². The highest BCUT2D eigenvalue weighted by molar-refractivity contribution is 5.97. The van der Waals surface area contributed by atoms with Crippen LogP contribution in [-0.4, -0.2) is 71.2 Å². The highest BCUT2D eigenvalue weighted by Gasteiger charge is 2.21. The van der Waals surface area contributed by atoms with Crippen molar-refractivity contribution >= 4 is 16.9 Å². The monoisotopic (exact) mass is 427 g/mol. The number of likely N-dealkylation sites (N-methyl/N-ethyl adjacent to an activating group) is 1. The fraction of sp³-hybridized carbons (Fsp3) is 0.240. The van der Waals surface area contributed by atoms with E-state index in [1.54, 1.807) is 7.11 Å². The third-order valence-electron chi connectivity index (χ3n) is 6.01. The minimum atomic E-state index is 0.0759. The number of rotatable bonds is 4. The van der Waals surface area contributed by atoms with Gasteiger partial charge in [0.2, 0.25) is 0 Å². The van der Waals surface area contributed by atoms with Crippen LogP contribution in [0.3, 0.4) is 0 Å². The molecule has 1 saturated heterocycles. The van der Waals surface area contributed by atoms with E-state index in [4.69, 9.17) is 4.74 Å². The molecule has 1 amide bonds. The number of methoxy groups -OCH3 is 1. The summed E-state index contributed by atoms with van der Waals surface area (Å²) >= 11 is 0. The summed E-state index contributed by atoms with van der Waals surface area (Å²) in [6.07, 6.45) is 1.81. The number of amides is 1. The van der Waals surface area contributed by atoms with E-state index in [0.717, 1.165) is 59.7 Å². The summed E-state index contributed by atoms with van der Waals surface area (Å²) < 4.78 is 5.52. The third kappa shape index (κ3) is 3.71. The largest absolute Gasteiger partial charge is 0.496 e. The number of hydrogen-bond donors (Lipinski definition) is 1. The van der Waals surface area contributed by atoms with Crippen molar-refractivity contribution in [2.45, 2.75) is 0 Å². The van der Waals surface area contributed by atoms with Gasteiger partial charge in [-0.2, -0.15) is 5.10 Å². The van der Waals surface area contributed by atoms with Gasteiger partial charge in [0.25, 0.3) is 5.91 Å². The maximum atomic E-state index is 13.0. The van der Waals surface area contributed by atoms with Gasteiger partial charge in [0, 0.05) is 54.5 Å². The molecule has 0 spiro atoms. The topological polar surface area (TPSA) is 74.3 Å². The van der Waals surface area contributed by atoms with Crippen LogP contribution in [0.2, 0.25) is 0 Å². The second-order valence-corrected chi connectivity index (χ2v) is 8.07. The zero-order valence-electron chi connectivity index (χ0n) is 18.2. The molecule has 0 aliphatic carbocycles. The molecule has 5 rings (SSSR count). The summed E-state index contributed by atoms with van der Waals surface area (Å²) in [6.45, 7) is 3.31. The van der Waals surface area contributed by atoms with E-state index in [0.29, 0.717) is 11.2 Å². The molecule has 2 aromatic carbocycles. The standard InChI is InChI=1S/C25H25N5O2/c1-29-10-12-30(13-11-29)25(31)18-7-5-6-17(14-18)19-15-21-23(27-28-24(21)26-16-19)20-8-3-4-9-22(20)32-2/h3-9,14-16H,10-13H2,1-2H3,(H,26,27,28). The molecular weight excluding hydrogens is 402 g/mol. The molecule has 0 saturated carbocycles. The van der Waals surface area contributed by atoms with Crippen LogP contribution >= 0.6 is 0 Å². The molecule has 1 fully saturated rings. The zero-order valence-corrected chi connectivity index (χ0v) is 18.2. The van der Waals surface area contributed by atoms with Gasteiger partial charge in [-0.15, -0.1) is 0 Å². The smallest absolute Gasteiger partial charge is 0.253 e. The van der Waals surface area contributed by atoms with E-state index in [2.05, 4.69) is 33.2 Å². The van der Waals surface area contributed by atoms with Crippen LogP contribution < -0.4 is 4.74 Å². The first kappa shape index (κ1) is 20.2. The van der Waals surface area contributed by atoms with E-state index in [1.807, 2.05) is 59.6 Å². The van der Waals surface area contributed by atoms with E-state index >= 15 is 0 Å². The second-order valence-electron chi connectivity index (χ2n) is 8.07. The SMILES string of the molecule is COc1ccccc1-c1n[nH]c2ncc(-c3cccc(C(=O)N4CCN(C)CC4)c3)cc12. The lowest BCUT2D eigenvalue weighted by atomic mass is 10.0. The zero-order chi connectivity index (χ0) is 22.1. The fourth-order valence-corrected chi connectivity index (χ4v) is 4.13. The molecule has 2 aromatic heterocycles. The summed E-state index contributed by atoms with van der Waals surface area (Å²) in [7, 11) is 3.74. The van der Waals surface area contributed by atoms with E-state index in [9.17, 15) is 4.79 Å². The number of H-pyrrole nitrogens is 1. The maximum Gasteiger partial charge on any atom is 0.253 e. The van der Waals surface area contributed by atoms with Crippen LogP contribution in [0.25, 0.3) is 33.4 Å². The summed E-state index contributed by atoms with van der Waals surface area (Å²) in [5, 5.41) is 8.41. The molecule has 0 atom stereocenters. The van der Waals surface area contributed by atoms with Crippen molar-refractivity contribution in [3.05, 3.63) is 66.4 Å². The Morgan fingerprint density at radius 3 is 2.62 bits per heavy atom. The number of carbonyl (C=O) groups excluding carboxylic acids is 1. The number of carbonyl (C=O) groups is 1. The number of aromatic amines is 1. The van der Waals surface area contributed by atoms with Gasteiger partial charge in [-0.3, -0.25) is 9.89 Å². The molecule has 7 nitrogen and oxygen atoms in total. The van der Waals surface area contributed by atoms with Crippen LogP contribution in [0.15, 0.2) is 60.8 Å². The molecule has 3 heterocycles. The lowest BCUT2D eigenvalue weighted by Crippen LogP contribution is -2.47. The van der Waals surface area contributed by atoms with Crippen molar-refractivity contribution in [2.75, 3.05) is 40.3 Å². The number of hydrogen-bond acceptors (Lipinski definition) is 5. The molecule has 1 N–H and O–H groups in total. The molecule has 7 heteroatoms. The third-order valence-corrected chi connectivity index (χ3v) is 6.01. The van der Waals surface area contributed by atoms with Gasteiger partial charge in [-0.1, -0.05) is 24.3 Å². The minimum absolute atomic E-state index is 0.0759. The molecule has 0 radical (unpaired) electrons. The first-order valence-corrected chi connectivity index (χ1v) is 10.7. The molecule has 32 heavy (non-hydrogen) atoms. The number of nitrogens with zero attached hydrogens (tertiary/aromatic N) is 4. The predicted octanol–water partition coefficient (Wildman–Crippen LogP) is 3.69. The van der Waals surface area contributed by atoms with Gasteiger partial charge in [-0.05, 0) is 42.9 Å². The maximum absolute atomic E-state index is 13.0. The Balaban J connectivity index is 1.50. The number of benzene rings is 2. The van der Waals surface area contributed by atoms with Crippen molar-refractivity contribution in [1.82, 2.24) is 25.0 Å². The Morgan fingerprint density at radius 1 is 1.00 bits per heavy atom. The number of fused-ring (bicyclic) bond motifs is 1. The molecule has 4 aromatic rings. The number of ether oxygens (including phenoxy) is 1. The highest BCUT2D eigenvalue weighted by atomic mass is 16.5. The first-order chi connectivity index (χ1) is 15.6. The minimum Gasteiger partial charge on any atom is -0.496 e. The Kier molecular flexibility index (Phi) is 5.33. The average molecular weight is 428 g/mol.